The molecular weight excluding hydrogens is 380 g/mol. The molecule has 0 spiro atoms. The summed E-state index contributed by atoms with van der Waals surface area (Å²) >= 11 is 0. The molecule has 1 aromatic carbocycles. The molecule has 1 atom stereocenters. The lowest BCUT2D eigenvalue weighted by molar-refractivity contribution is -0.117. The van der Waals surface area contributed by atoms with Crippen molar-refractivity contribution in [1.82, 2.24) is 10.3 Å². The van der Waals surface area contributed by atoms with E-state index in [0.717, 1.165) is 11.1 Å². The van der Waals surface area contributed by atoms with Gasteiger partial charge in [-0.25, -0.2) is 0 Å². The van der Waals surface area contributed by atoms with Gasteiger partial charge in [-0.3, -0.25) is 15.2 Å². The third-order valence-corrected chi connectivity index (χ3v) is 4.98. The van der Waals surface area contributed by atoms with E-state index in [0.29, 0.717) is 28.9 Å². The van der Waals surface area contributed by atoms with Gasteiger partial charge in [0.1, 0.15) is 17.1 Å². The van der Waals surface area contributed by atoms with E-state index in [4.69, 9.17) is 20.3 Å². The minimum atomic E-state index is -0.479. The molecule has 2 aromatic heterocycles. The fourth-order valence-corrected chi connectivity index (χ4v) is 3.49. The van der Waals surface area contributed by atoms with Crippen LogP contribution in [0, 0.1) is 5.41 Å². The molecule has 4 N–H and O–H groups in total. The summed E-state index contributed by atoms with van der Waals surface area (Å²) in [4.78, 5) is 17.0. The van der Waals surface area contributed by atoms with Gasteiger partial charge in [-0.1, -0.05) is 30.3 Å². The normalized spacial score (nSPS) is 16.3. The van der Waals surface area contributed by atoms with Gasteiger partial charge in [-0.2, -0.15) is 0 Å². The number of pyridine rings is 1. The quantitative estimate of drug-likeness (QED) is 0.548. The van der Waals surface area contributed by atoms with E-state index < -0.39 is 6.04 Å². The maximum absolute atomic E-state index is 12.8. The van der Waals surface area contributed by atoms with Crippen LogP contribution in [0.25, 0.3) is 11.0 Å². The summed E-state index contributed by atoms with van der Waals surface area (Å²) < 4.78 is 11.4. The zero-order valence-corrected chi connectivity index (χ0v) is 16.5. The summed E-state index contributed by atoms with van der Waals surface area (Å²) in [6.45, 7) is 0.288. The van der Waals surface area contributed by atoms with Crippen LogP contribution in [0.2, 0.25) is 0 Å². The van der Waals surface area contributed by atoms with Gasteiger partial charge in [0, 0.05) is 23.2 Å². The predicted octanol–water partition coefficient (Wildman–Crippen LogP) is 3.07. The lowest BCUT2D eigenvalue weighted by Crippen LogP contribution is -2.35. The summed E-state index contributed by atoms with van der Waals surface area (Å²) in [5.74, 6) is 0.364. The molecule has 152 valence electrons. The van der Waals surface area contributed by atoms with Crippen molar-refractivity contribution >= 4 is 22.6 Å². The number of fused-ring (bicyclic) bond motifs is 1. The molecule has 7 nitrogen and oxygen atoms in total. The Morgan fingerprint density at radius 1 is 1.30 bits per heavy atom. The predicted molar refractivity (Wildman–Crippen MR) is 114 cm³/mol. The first-order valence-corrected chi connectivity index (χ1v) is 9.58. The highest BCUT2D eigenvalue weighted by Crippen LogP contribution is 2.30. The van der Waals surface area contributed by atoms with Crippen molar-refractivity contribution in [2.24, 2.45) is 5.73 Å². The maximum atomic E-state index is 12.8. The molecular formula is C23H22N4O3. The van der Waals surface area contributed by atoms with E-state index in [-0.39, 0.29) is 23.9 Å². The molecule has 1 aliphatic rings. The Kier molecular flexibility index (Phi) is 5.45. The molecule has 1 amide bonds. The van der Waals surface area contributed by atoms with Crippen molar-refractivity contribution in [1.29, 1.82) is 5.41 Å². The summed E-state index contributed by atoms with van der Waals surface area (Å²) in [7, 11) is 1.47. The molecule has 3 aromatic rings. The van der Waals surface area contributed by atoms with Crippen LogP contribution >= 0.6 is 0 Å². The number of hydrogen-bond acceptors (Lipinski definition) is 6. The molecule has 0 radical (unpaired) electrons. The van der Waals surface area contributed by atoms with Crippen LogP contribution in [0.5, 0.6) is 0 Å². The minimum absolute atomic E-state index is 0.110. The van der Waals surface area contributed by atoms with Crippen LogP contribution in [-0.4, -0.2) is 29.8 Å². The molecule has 0 bridgehead atoms. The van der Waals surface area contributed by atoms with Gasteiger partial charge < -0.3 is 20.2 Å². The van der Waals surface area contributed by atoms with E-state index in [1.165, 1.54) is 7.11 Å². The highest BCUT2D eigenvalue weighted by Gasteiger charge is 2.31. The number of amides is 1. The number of carbonyl (C=O) groups excluding carboxylic acids is 1. The van der Waals surface area contributed by atoms with Gasteiger partial charge >= 0.3 is 0 Å². The number of carbonyl (C=O) groups is 1. The molecule has 0 aliphatic heterocycles. The van der Waals surface area contributed by atoms with Crippen molar-refractivity contribution in [3.63, 3.8) is 0 Å². The number of hydrogen-bond donors (Lipinski definition) is 3. The van der Waals surface area contributed by atoms with Crippen LogP contribution < -0.4 is 11.1 Å². The van der Waals surface area contributed by atoms with Gasteiger partial charge in [-0.15, -0.1) is 0 Å². The van der Waals surface area contributed by atoms with Crippen LogP contribution in [0.15, 0.2) is 82.1 Å². The largest absolute Gasteiger partial charge is 0.495 e. The number of benzene rings is 1. The third-order valence-electron chi connectivity index (χ3n) is 4.98. The second-order valence-electron chi connectivity index (χ2n) is 6.93. The number of ether oxygens (including phenoxy) is 1. The van der Waals surface area contributed by atoms with Crippen LogP contribution in [-0.2, 0) is 16.1 Å². The van der Waals surface area contributed by atoms with Crippen LogP contribution in [0.3, 0.4) is 0 Å². The number of nitrogens with one attached hydrogen (secondary N) is 2. The van der Waals surface area contributed by atoms with E-state index >= 15 is 0 Å². The molecule has 1 unspecified atom stereocenters. The summed E-state index contributed by atoms with van der Waals surface area (Å²) in [5.41, 5.74) is 8.64. The molecule has 2 heterocycles. The van der Waals surface area contributed by atoms with E-state index in [2.05, 4.69) is 10.3 Å². The van der Waals surface area contributed by atoms with Gasteiger partial charge in [-0.05, 0) is 30.7 Å². The number of nitrogens with zero attached hydrogens (tertiary/aromatic N) is 1. The van der Waals surface area contributed by atoms with Gasteiger partial charge in [0.15, 0.2) is 5.76 Å². The molecule has 0 fully saturated rings. The lowest BCUT2D eigenvalue weighted by Gasteiger charge is -2.25. The number of nitrogens with two attached hydrogens (primary N) is 1. The highest BCUT2D eigenvalue weighted by molar-refractivity contribution is 6.13. The van der Waals surface area contributed by atoms with Crippen molar-refractivity contribution in [2.45, 2.75) is 19.0 Å². The number of aromatic nitrogens is 1. The first-order chi connectivity index (χ1) is 14.6. The summed E-state index contributed by atoms with van der Waals surface area (Å²) in [6, 6.07) is 14.4. The minimum Gasteiger partial charge on any atom is -0.495 e. The zero-order chi connectivity index (χ0) is 21.1. The van der Waals surface area contributed by atoms with Crippen molar-refractivity contribution in [2.75, 3.05) is 7.11 Å². The topological polar surface area (TPSA) is 114 Å². The second kappa shape index (κ2) is 8.34. The van der Waals surface area contributed by atoms with Crippen LogP contribution in [0.1, 0.15) is 17.9 Å². The Hall–Kier alpha value is -3.71. The Morgan fingerprint density at radius 3 is 2.83 bits per heavy atom. The van der Waals surface area contributed by atoms with Crippen molar-refractivity contribution in [3.05, 3.63) is 89.2 Å². The van der Waals surface area contributed by atoms with Gasteiger partial charge in [0.05, 0.1) is 24.9 Å². The number of furan rings is 1. The smallest absolute Gasteiger partial charge is 0.255 e. The fraction of sp³-hybridized carbons (Fsp3) is 0.174. The Bertz CT molecular complexity index is 1130. The standard InChI is InChI=1S/C23H22N4O3/c1-29-22-16(23(28)27-13-15-7-4-5-11-26-15)9-10-17(24)20(22)21(25)19-12-14-6-2-3-8-18(14)30-19/h2-9,11-12,17,25H,10,13,24H2,1H3,(H,27,28). The number of rotatable bonds is 6. The summed E-state index contributed by atoms with van der Waals surface area (Å²) in [5, 5.41) is 12.5. The fourth-order valence-electron chi connectivity index (χ4n) is 3.49. The second-order valence-corrected chi connectivity index (χ2v) is 6.93. The van der Waals surface area contributed by atoms with Crippen molar-refractivity contribution < 1.29 is 13.9 Å². The molecule has 0 saturated heterocycles. The zero-order valence-electron chi connectivity index (χ0n) is 16.5. The van der Waals surface area contributed by atoms with E-state index in [1.807, 2.05) is 42.5 Å². The first-order valence-electron chi connectivity index (χ1n) is 9.58. The summed E-state index contributed by atoms with van der Waals surface area (Å²) in [6.07, 6.45) is 3.83. The van der Waals surface area contributed by atoms with E-state index in [9.17, 15) is 4.79 Å². The van der Waals surface area contributed by atoms with E-state index in [1.54, 1.807) is 18.3 Å². The average molecular weight is 402 g/mol. The SMILES string of the molecule is COC1=C(C(=N)c2cc3ccccc3o2)C(N)CC=C1C(=O)NCc1ccccn1. The monoisotopic (exact) mass is 402 g/mol. The Labute approximate surface area is 173 Å². The first kappa shape index (κ1) is 19.6. The number of methoxy groups -OCH3 is 1. The highest BCUT2D eigenvalue weighted by atomic mass is 16.5. The van der Waals surface area contributed by atoms with Crippen LogP contribution in [0.4, 0.5) is 0 Å². The Balaban J connectivity index is 1.62. The molecule has 7 heteroatoms. The van der Waals surface area contributed by atoms with Gasteiger partial charge in [0.25, 0.3) is 5.91 Å². The molecule has 1 aliphatic carbocycles. The van der Waals surface area contributed by atoms with Crippen molar-refractivity contribution in [3.8, 4) is 0 Å². The lowest BCUT2D eigenvalue weighted by atomic mass is 9.88. The van der Waals surface area contributed by atoms with Gasteiger partial charge in [0.2, 0.25) is 0 Å². The third kappa shape index (κ3) is 3.75. The maximum Gasteiger partial charge on any atom is 0.255 e. The Morgan fingerprint density at radius 2 is 2.10 bits per heavy atom. The average Bonchev–Trinajstić information content (AvgIpc) is 3.22. The number of para-hydroxylation sites is 1. The molecule has 30 heavy (non-hydrogen) atoms. The molecule has 4 rings (SSSR count). The molecule has 0 saturated carbocycles.